The van der Waals surface area contributed by atoms with E-state index < -0.39 is 5.97 Å². The number of rotatable bonds is 4. The van der Waals surface area contributed by atoms with E-state index in [1.54, 1.807) is 0 Å². The molecule has 0 saturated carbocycles. The number of carboxylic acid groups (broad SMARTS) is 1. The zero-order chi connectivity index (χ0) is 13.2. The molecule has 1 aliphatic rings. The predicted octanol–water partition coefficient (Wildman–Crippen LogP) is 2.93. The first kappa shape index (κ1) is 13.1. The minimum atomic E-state index is -0.728. The van der Waals surface area contributed by atoms with Gasteiger partial charge in [-0.2, -0.15) is 0 Å². The molecule has 0 amide bonds. The van der Waals surface area contributed by atoms with Gasteiger partial charge in [-0.05, 0) is 23.9 Å². The Morgan fingerprint density at radius 3 is 2.56 bits per heavy atom. The maximum atomic E-state index is 11.1. The van der Waals surface area contributed by atoms with E-state index in [-0.39, 0.29) is 12.5 Å². The van der Waals surface area contributed by atoms with Gasteiger partial charge < -0.3 is 5.11 Å². The van der Waals surface area contributed by atoms with E-state index in [1.807, 2.05) is 30.3 Å². The average Bonchev–Trinajstić information content (AvgIpc) is 2.67. The van der Waals surface area contributed by atoms with Crippen LogP contribution in [0.2, 0.25) is 0 Å². The third-order valence-corrected chi connectivity index (χ3v) is 3.70. The van der Waals surface area contributed by atoms with Crippen LogP contribution in [0.15, 0.2) is 30.3 Å². The van der Waals surface area contributed by atoms with Crippen molar-refractivity contribution >= 4 is 5.97 Å². The van der Waals surface area contributed by atoms with Crippen LogP contribution in [0.4, 0.5) is 0 Å². The number of benzene rings is 1. The van der Waals surface area contributed by atoms with Gasteiger partial charge in [-0.15, -0.1) is 0 Å². The highest BCUT2D eigenvalue weighted by Crippen LogP contribution is 2.36. The third kappa shape index (κ3) is 3.10. The minimum Gasteiger partial charge on any atom is -0.481 e. The van der Waals surface area contributed by atoms with Crippen LogP contribution < -0.4 is 0 Å². The van der Waals surface area contributed by atoms with Crippen LogP contribution in [0, 0.1) is 5.41 Å². The summed E-state index contributed by atoms with van der Waals surface area (Å²) < 4.78 is 0. The lowest BCUT2D eigenvalue weighted by Gasteiger charge is -2.28. The monoisotopic (exact) mass is 247 g/mol. The van der Waals surface area contributed by atoms with E-state index in [0.29, 0.717) is 5.41 Å². The Morgan fingerprint density at radius 1 is 1.39 bits per heavy atom. The summed E-state index contributed by atoms with van der Waals surface area (Å²) >= 11 is 0. The molecule has 98 valence electrons. The second-order valence-electron chi connectivity index (χ2n) is 5.91. The molecule has 0 aromatic heterocycles. The highest BCUT2D eigenvalue weighted by Gasteiger charge is 2.34. The van der Waals surface area contributed by atoms with Crippen molar-refractivity contribution in [1.29, 1.82) is 0 Å². The van der Waals surface area contributed by atoms with E-state index in [1.165, 1.54) is 0 Å². The highest BCUT2D eigenvalue weighted by molar-refractivity contribution is 5.68. The van der Waals surface area contributed by atoms with Crippen molar-refractivity contribution in [3.63, 3.8) is 0 Å². The summed E-state index contributed by atoms with van der Waals surface area (Å²) in [5.74, 6) is -0.728. The van der Waals surface area contributed by atoms with Crippen molar-refractivity contribution in [2.75, 3.05) is 13.1 Å². The van der Waals surface area contributed by atoms with E-state index in [4.69, 9.17) is 5.11 Å². The quantitative estimate of drug-likeness (QED) is 0.889. The molecule has 1 saturated heterocycles. The van der Waals surface area contributed by atoms with Crippen molar-refractivity contribution in [1.82, 2.24) is 4.90 Å². The largest absolute Gasteiger partial charge is 0.481 e. The Labute approximate surface area is 108 Å². The summed E-state index contributed by atoms with van der Waals surface area (Å²) in [6.07, 6.45) is 1.32. The Bertz CT molecular complexity index is 414. The molecule has 1 aromatic rings. The van der Waals surface area contributed by atoms with Gasteiger partial charge >= 0.3 is 5.97 Å². The second-order valence-corrected chi connectivity index (χ2v) is 5.91. The molecule has 3 nitrogen and oxygen atoms in total. The zero-order valence-corrected chi connectivity index (χ0v) is 11.1. The molecule has 0 aliphatic carbocycles. The summed E-state index contributed by atoms with van der Waals surface area (Å²) in [7, 11) is 0. The van der Waals surface area contributed by atoms with Crippen molar-refractivity contribution in [2.45, 2.75) is 32.7 Å². The van der Waals surface area contributed by atoms with E-state index in [0.717, 1.165) is 25.1 Å². The predicted molar refractivity (Wildman–Crippen MR) is 71.4 cm³/mol. The zero-order valence-electron chi connectivity index (χ0n) is 11.1. The van der Waals surface area contributed by atoms with Gasteiger partial charge in [0, 0.05) is 12.6 Å². The van der Waals surface area contributed by atoms with Gasteiger partial charge in [0.2, 0.25) is 0 Å². The SMILES string of the molecule is CC1(C)CCN(C(CC(=O)O)c2ccccc2)C1. The van der Waals surface area contributed by atoms with Crippen LogP contribution in [0.25, 0.3) is 0 Å². The van der Waals surface area contributed by atoms with Gasteiger partial charge in [0.05, 0.1) is 6.42 Å². The van der Waals surface area contributed by atoms with Gasteiger partial charge in [-0.1, -0.05) is 44.2 Å². The highest BCUT2D eigenvalue weighted by atomic mass is 16.4. The summed E-state index contributed by atoms with van der Waals surface area (Å²) in [4.78, 5) is 13.4. The van der Waals surface area contributed by atoms with Crippen LogP contribution in [-0.4, -0.2) is 29.1 Å². The van der Waals surface area contributed by atoms with Gasteiger partial charge in [-0.3, -0.25) is 9.69 Å². The average molecular weight is 247 g/mol. The fourth-order valence-electron chi connectivity index (χ4n) is 2.72. The molecule has 1 heterocycles. The van der Waals surface area contributed by atoms with Gasteiger partial charge in [0.15, 0.2) is 0 Å². The Kier molecular flexibility index (Phi) is 3.71. The molecule has 1 atom stereocenters. The first-order valence-corrected chi connectivity index (χ1v) is 6.49. The number of likely N-dealkylation sites (tertiary alicyclic amines) is 1. The lowest BCUT2D eigenvalue weighted by molar-refractivity contribution is -0.138. The molecular weight excluding hydrogens is 226 g/mol. The van der Waals surface area contributed by atoms with Crippen molar-refractivity contribution < 1.29 is 9.90 Å². The molecule has 1 unspecified atom stereocenters. The van der Waals surface area contributed by atoms with Crippen molar-refractivity contribution in [2.24, 2.45) is 5.41 Å². The van der Waals surface area contributed by atoms with Crippen LogP contribution in [0.3, 0.4) is 0 Å². The fraction of sp³-hybridized carbons (Fsp3) is 0.533. The Morgan fingerprint density at radius 2 is 2.06 bits per heavy atom. The minimum absolute atomic E-state index is 0.00507. The maximum Gasteiger partial charge on any atom is 0.305 e. The molecule has 0 radical (unpaired) electrons. The number of carbonyl (C=O) groups is 1. The van der Waals surface area contributed by atoms with E-state index >= 15 is 0 Å². The normalized spacial score (nSPS) is 20.8. The number of aliphatic carboxylic acids is 1. The molecule has 3 heteroatoms. The summed E-state index contributed by atoms with van der Waals surface area (Å²) in [6.45, 7) is 6.45. The smallest absolute Gasteiger partial charge is 0.305 e. The lowest BCUT2D eigenvalue weighted by atomic mass is 9.93. The molecule has 18 heavy (non-hydrogen) atoms. The first-order valence-electron chi connectivity index (χ1n) is 6.49. The molecule has 1 fully saturated rings. The Hall–Kier alpha value is -1.35. The Balaban J connectivity index is 2.19. The number of carboxylic acids is 1. The maximum absolute atomic E-state index is 11.1. The molecular formula is C15H21NO2. The molecule has 0 spiro atoms. The van der Waals surface area contributed by atoms with E-state index in [2.05, 4.69) is 18.7 Å². The van der Waals surface area contributed by atoms with Crippen molar-refractivity contribution in [3.05, 3.63) is 35.9 Å². The fourth-order valence-corrected chi connectivity index (χ4v) is 2.72. The topological polar surface area (TPSA) is 40.5 Å². The summed E-state index contributed by atoms with van der Waals surface area (Å²) in [6, 6.07) is 9.98. The van der Waals surface area contributed by atoms with Gasteiger partial charge in [0.25, 0.3) is 0 Å². The van der Waals surface area contributed by atoms with Crippen LogP contribution >= 0.6 is 0 Å². The number of hydrogen-bond donors (Lipinski definition) is 1. The third-order valence-electron chi connectivity index (χ3n) is 3.70. The lowest BCUT2D eigenvalue weighted by Crippen LogP contribution is -2.30. The van der Waals surface area contributed by atoms with Crippen LogP contribution in [0.1, 0.15) is 38.3 Å². The van der Waals surface area contributed by atoms with Crippen LogP contribution in [-0.2, 0) is 4.79 Å². The molecule has 1 N–H and O–H groups in total. The standard InChI is InChI=1S/C15H21NO2/c1-15(2)8-9-16(11-15)13(10-14(17)18)12-6-4-3-5-7-12/h3-7,13H,8-11H2,1-2H3,(H,17,18). The summed E-state index contributed by atoms with van der Waals surface area (Å²) in [5.41, 5.74) is 1.41. The molecule has 1 aliphatic heterocycles. The molecule has 1 aromatic carbocycles. The molecule has 2 rings (SSSR count). The first-order chi connectivity index (χ1) is 8.48. The van der Waals surface area contributed by atoms with E-state index in [9.17, 15) is 4.79 Å². The van der Waals surface area contributed by atoms with Gasteiger partial charge in [0.1, 0.15) is 0 Å². The van der Waals surface area contributed by atoms with Crippen molar-refractivity contribution in [3.8, 4) is 0 Å². The van der Waals surface area contributed by atoms with Crippen LogP contribution in [0.5, 0.6) is 0 Å². The number of nitrogens with zero attached hydrogens (tertiary/aromatic N) is 1. The molecule has 0 bridgehead atoms. The summed E-state index contributed by atoms with van der Waals surface area (Å²) in [5, 5.41) is 9.11. The van der Waals surface area contributed by atoms with Gasteiger partial charge in [-0.25, -0.2) is 0 Å². The number of hydrogen-bond acceptors (Lipinski definition) is 2. The second kappa shape index (κ2) is 5.11.